The topological polar surface area (TPSA) is 32.9 Å². The summed E-state index contributed by atoms with van der Waals surface area (Å²) in [5.41, 5.74) is 1.63. The maximum Gasteiger partial charge on any atom is 0.153 e. The largest absolute Gasteiger partial charge is 0.346 e. The van der Waals surface area contributed by atoms with Crippen molar-refractivity contribution in [3.05, 3.63) is 34.2 Å². The Labute approximate surface area is 94.5 Å². The van der Waals surface area contributed by atoms with E-state index in [4.69, 9.17) is 11.6 Å². The lowest BCUT2D eigenvalue weighted by Crippen LogP contribution is -1.75. The summed E-state index contributed by atoms with van der Waals surface area (Å²) in [6.07, 6.45) is 0.821. The molecule has 0 aliphatic rings. The minimum Gasteiger partial charge on any atom is -0.346 e. The van der Waals surface area contributed by atoms with Gasteiger partial charge in [0.05, 0.1) is 5.56 Å². The van der Waals surface area contributed by atoms with Crippen LogP contribution in [0.15, 0.2) is 24.3 Å². The number of aldehydes is 1. The van der Waals surface area contributed by atoms with Crippen molar-refractivity contribution in [2.75, 3.05) is 0 Å². The Balaban J connectivity index is 2.60. The lowest BCUT2D eigenvalue weighted by Gasteiger charge is -1.89. The smallest absolute Gasteiger partial charge is 0.153 e. The van der Waals surface area contributed by atoms with Crippen LogP contribution in [-0.2, 0) is 0 Å². The molecule has 1 aromatic carbocycles. The van der Waals surface area contributed by atoms with Gasteiger partial charge < -0.3 is 4.98 Å². The number of fused-ring (bicyclic) bond motifs is 3. The van der Waals surface area contributed by atoms with E-state index in [-0.39, 0.29) is 0 Å². The number of carbonyl (C=O) groups is 1. The summed E-state index contributed by atoms with van der Waals surface area (Å²) >= 11 is 7.38. The van der Waals surface area contributed by atoms with E-state index in [0.717, 1.165) is 27.4 Å². The molecule has 0 saturated carbocycles. The van der Waals surface area contributed by atoms with Crippen LogP contribution in [0.5, 0.6) is 0 Å². The molecule has 0 radical (unpaired) electrons. The lowest BCUT2D eigenvalue weighted by atomic mass is 10.1. The normalized spacial score (nSPS) is 11.3. The molecule has 2 nitrogen and oxygen atoms in total. The third-order valence-corrected chi connectivity index (χ3v) is 3.81. The van der Waals surface area contributed by atoms with Crippen LogP contribution in [0.2, 0.25) is 4.34 Å². The number of thiophene rings is 1. The molecule has 15 heavy (non-hydrogen) atoms. The average Bonchev–Trinajstić information content (AvgIpc) is 2.72. The molecule has 0 fully saturated rings. The Bertz CT molecular complexity index is 668. The van der Waals surface area contributed by atoms with Gasteiger partial charge >= 0.3 is 0 Å². The molecule has 0 saturated heterocycles. The second-order valence-electron chi connectivity index (χ2n) is 3.28. The quantitative estimate of drug-likeness (QED) is 0.639. The number of carbonyl (C=O) groups excluding carboxylic acids is 1. The number of aromatic nitrogens is 1. The zero-order valence-electron chi connectivity index (χ0n) is 7.58. The van der Waals surface area contributed by atoms with E-state index in [1.807, 2.05) is 24.3 Å². The molecule has 0 aliphatic heterocycles. The molecule has 3 rings (SSSR count). The van der Waals surface area contributed by atoms with E-state index in [9.17, 15) is 4.79 Å². The Morgan fingerprint density at radius 3 is 2.93 bits per heavy atom. The number of benzene rings is 1. The van der Waals surface area contributed by atoms with Crippen molar-refractivity contribution in [1.82, 2.24) is 4.98 Å². The van der Waals surface area contributed by atoms with Crippen LogP contribution in [0.4, 0.5) is 0 Å². The van der Waals surface area contributed by atoms with E-state index >= 15 is 0 Å². The molecule has 1 N–H and O–H groups in total. The number of nitrogens with one attached hydrogen (secondary N) is 1. The standard InChI is InChI=1S/C11H6ClNOS/c12-10-7(5-14)9-6-3-1-2-4-8(6)13-11(9)15-10/h1-5,13H. The van der Waals surface area contributed by atoms with E-state index < -0.39 is 0 Å². The summed E-state index contributed by atoms with van der Waals surface area (Å²) in [5, 5.41) is 1.99. The molecule has 0 amide bonds. The highest BCUT2D eigenvalue weighted by atomic mass is 35.5. The van der Waals surface area contributed by atoms with Crippen molar-refractivity contribution in [2.24, 2.45) is 0 Å². The summed E-state index contributed by atoms with van der Waals surface area (Å²) in [4.78, 5) is 15.2. The molecular weight excluding hydrogens is 230 g/mol. The summed E-state index contributed by atoms with van der Waals surface area (Å²) in [7, 11) is 0. The van der Waals surface area contributed by atoms with Gasteiger partial charge in [0.15, 0.2) is 6.29 Å². The molecule has 74 valence electrons. The highest BCUT2D eigenvalue weighted by Crippen LogP contribution is 2.38. The number of hydrogen-bond donors (Lipinski definition) is 1. The van der Waals surface area contributed by atoms with Crippen LogP contribution in [0.25, 0.3) is 21.1 Å². The van der Waals surface area contributed by atoms with Gasteiger partial charge in [-0.25, -0.2) is 0 Å². The number of para-hydroxylation sites is 1. The van der Waals surface area contributed by atoms with Gasteiger partial charge in [0.1, 0.15) is 9.17 Å². The molecule has 2 aromatic heterocycles. The third-order valence-electron chi connectivity index (χ3n) is 2.46. The number of H-pyrrole nitrogens is 1. The predicted octanol–water partition coefficient (Wildman–Crippen LogP) is 3.85. The van der Waals surface area contributed by atoms with Crippen molar-refractivity contribution in [2.45, 2.75) is 0 Å². The van der Waals surface area contributed by atoms with Gasteiger partial charge in [0.2, 0.25) is 0 Å². The van der Waals surface area contributed by atoms with Crippen molar-refractivity contribution in [3.8, 4) is 0 Å². The maximum absolute atomic E-state index is 11.0. The molecule has 0 atom stereocenters. The van der Waals surface area contributed by atoms with Crippen molar-refractivity contribution < 1.29 is 4.79 Å². The van der Waals surface area contributed by atoms with Gasteiger partial charge in [-0.05, 0) is 6.07 Å². The molecule has 3 aromatic rings. The monoisotopic (exact) mass is 235 g/mol. The zero-order valence-corrected chi connectivity index (χ0v) is 9.15. The number of hydrogen-bond acceptors (Lipinski definition) is 2. The summed E-state index contributed by atoms with van der Waals surface area (Å²) in [6, 6.07) is 7.90. The molecular formula is C11H6ClNOS. The van der Waals surface area contributed by atoms with Gasteiger partial charge in [0.25, 0.3) is 0 Å². The summed E-state index contributed by atoms with van der Waals surface area (Å²) in [6.45, 7) is 0. The van der Waals surface area contributed by atoms with Gasteiger partial charge in [-0.1, -0.05) is 29.8 Å². The summed E-state index contributed by atoms with van der Waals surface area (Å²) < 4.78 is 0.553. The first kappa shape index (κ1) is 8.95. The van der Waals surface area contributed by atoms with Gasteiger partial charge in [-0.15, -0.1) is 11.3 Å². The van der Waals surface area contributed by atoms with Crippen LogP contribution in [0, 0.1) is 0 Å². The highest BCUT2D eigenvalue weighted by molar-refractivity contribution is 7.23. The molecule has 0 aliphatic carbocycles. The first-order chi connectivity index (χ1) is 7.31. The number of halogens is 1. The van der Waals surface area contributed by atoms with Crippen LogP contribution in [0.3, 0.4) is 0 Å². The fraction of sp³-hybridized carbons (Fsp3) is 0. The van der Waals surface area contributed by atoms with E-state index in [0.29, 0.717) is 9.90 Å². The second-order valence-corrected chi connectivity index (χ2v) is 4.90. The van der Waals surface area contributed by atoms with Crippen LogP contribution in [-0.4, -0.2) is 11.3 Å². The molecule has 0 spiro atoms. The predicted molar refractivity (Wildman–Crippen MR) is 64.1 cm³/mol. The van der Waals surface area contributed by atoms with Crippen molar-refractivity contribution in [3.63, 3.8) is 0 Å². The fourth-order valence-electron chi connectivity index (χ4n) is 1.81. The first-order valence-corrected chi connectivity index (χ1v) is 5.64. The SMILES string of the molecule is O=Cc1c(Cl)sc2[nH]c3ccccc3c12. The molecule has 0 unspecified atom stereocenters. The lowest BCUT2D eigenvalue weighted by molar-refractivity contribution is 0.112. The van der Waals surface area contributed by atoms with Gasteiger partial charge in [0, 0.05) is 16.3 Å². The maximum atomic E-state index is 11.0. The van der Waals surface area contributed by atoms with Gasteiger partial charge in [-0.3, -0.25) is 4.79 Å². The summed E-state index contributed by atoms with van der Waals surface area (Å²) in [5.74, 6) is 0. The molecule has 2 heterocycles. The zero-order chi connectivity index (χ0) is 10.4. The van der Waals surface area contributed by atoms with E-state index in [2.05, 4.69) is 4.98 Å². The van der Waals surface area contributed by atoms with Gasteiger partial charge in [-0.2, -0.15) is 0 Å². The first-order valence-electron chi connectivity index (χ1n) is 4.45. The van der Waals surface area contributed by atoms with Crippen molar-refractivity contribution in [1.29, 1.82) is 0 Å². The Kier molecular flexibility index (Phi) is 1.84. The van der Waals surface area contributed by atoms with E-state index in [1.165, 1.54) is 11.3 Å². The van der Waals surface area contributed by atoms with Crippen LogP contribution < -0.4 is 0 Å². The average molecular weight is 236 g/mol. The van der Waals surface area contributed by atoms with Crippen LogP contribution in [0.1, 0.15) is 10.4 Å². The minimum atomic E-state index is 0.553. The number of aromatic amines is 1. The van der Waals surface area contributed by atoms with Crippen LogP contribution >= 0.6 is 22.9 Å². The molecule has 4 heteroatoms. The Hall–Kier alpha value is -1.32. The Morgan fingerprint density at radius 2 is 2.13 bits per heavy atom. The van der Waals surface area contributed by atoms with Crippen molar-refractivity contribution >= 4 is 50.3 Å². The number of rotatable bonds is 1. The third kappa shape index (κ3) is 1.14. The fourth-order valence-corrected chi connectivity index (χ4v) is 3.10. The Morgan fingerprint density at radius 1 is 1.33 bits per heavy atom. The molecule has 0 bridgehead atoms. The second kappa shape index (κ2) is 3.08. The highest BCUT2D eigenvalue weighted by Gasteiger charge is 2.14. The minimum absolute atomic E-state index is 0.553. The van der Waals surface area contributed by atoms with E-state index in [1.54, 1.807) is 0 Å².